The predicted octanol–water partition coefficient (Wildman–Crippen LogP) is 2.45. The zero-order chi connectivity index (χ0) is 14.9. The van der Waals surface area contributed by atoms with Crippen LogP contribution < -0.4 is 10.5 Å². The van der Waals surface area contributed by atoms with E-state index in [1.807, 2.05) is 39.0 Å². The van der Waals surface area contributed by atoms with E-state index in [4.69, 9.17) is 15.2 Å². The van der Waals surface area contributed by atoms with E-state index in [-0.39, 0.29) is 12.1 Å². The number of amides is 1. The lowest BCUT2D eigenvalue weighted by atomic mass is 9.96. The molecule has 1 heterocycles. The summed E-state index contributed by atoms with van der Waals surface area (Å²) in [5, 5.41) is 0. The largest absolute Gasteiger partial charge is 0.497 e. The second-order valence-corrected chi connectivity index (χ2v) is 6.03. The minimum atomic E-state index is -0.504. The molecule has 0 radical (unpaired) electrons. The third-order valence-electron chi connectivity index (χ3n) is 3.18. The number of rotatable bonds is 1. The molecule has 1 aliphatic rings. The highest BCUT2D eigenvalue weighted by molar-refractivity contribution is 5.69. The third-order valence-corrected chi connectivity index (χ3v) is 3.18. The molecule has 2 N–H and O–H groups in total. The summed E-state index contributed by atoms with van der Waals surface area (Å²) in [4.78, 5) is 13.8. The first-order valence-electron chi connectivity index (χ1n) is 6.70. The third kappa shape index (κ3) is 3.22. The molecule has 0 aromatic heterocycles. The van der Waals surface area contributed by atoms with Crippen molar-refractivity contribution in [1.29, 1.82) is 0 Å². The van der Waals surface area contributed by atoms with E-state index in [0.29, 0.717) is 13.1 Å². The molecule has 0 saturated carbocycles. The van der Waals surface area contributed by atoms with Gasteiger partial charge < -0.3 is 20.1 Å². The van der Waals surface area contributed by atoms with Gasteiger partial charge in [-0.15, -0.1) is 0 Å². The Morgan fingerprint density at radius 2 is 2.10 bits per heavy atom. The molecule has 1 unspecified atom stereocenters. The fraction of sp³-hybridized carbons (Fsp3) is 0.533. The van der Waals surface area contributed by atoms with E-state index in [0.717, 1.165) is 16.9 Å². The number of methoxy groups -OCH3 is 1. The number of carbonyl (C=O) groups excluding carboxylic acids is 1. The van der Waals surface area contributed by atoms with E-state index in [2.05, 4.69) is 0 Å². The van der Waals surface area contributed by atoms with Crippen LogP contribution in [-0.4, -0.2) is 30.2 Å². The fourth-order valence-corrected chi connectivity index (χ4v) is 2.28. The van der Waals surface area contributed by atoms with Crippen LogP contribution in [-0.2, 0) is 11.3 Å². The van der Waals surface area contributed by atoms with Crippen molar-refractivity contribution in [3.8, 4) is 5.75 Å². The maximum absolute atomic E-state index is 12.1. The van der Waals surface area contributed by atoms with E-state index < -0.39 is 5.60 Å². The second kappa shape index (κ2) is 5.32. The van der Waals surface area contributed by atoms with Crippen LogP contribution in [0.4, 0.5) is 4.79 Å². The summed E-state index contributed by atoms with van der Waals surface area (Å²) < 4.78 is 10.6. The van der Waals surface area contributed by atoms with Crippen molar-refractivity contribution in [1.82, 2.24) is 4.90 Å². The summed E-state index contributed by atoms with van der Waals surface area (Å²) in [7, 11) is 1.62. The second-order valence-electron chi connectivity index (χ2n) is 6.03. The Morgan fingerprint density at radius 3 is 2.70 bits per heavy atom. The zero-order valence-electron chi connectivity index (χ0n) is 12.5. The predicted molar refractivity (Wildman–Crippen MR) is 76.6 cm³/mol. The summed E-state index contributed by atoms with van der Waals surface area (Å²) in [5.74, 6) is 0.766. The normalized spacial score (nSPS) is 18.4. The molecule has 1 atom stereocenters. The highest BCUT2D eigenvalue weighted by Gasteiger charge is 2.29. The lowest BCUT2D eigenvalue weighted by Gasteiger charge is -2.34. The van der Waals surface area contributed by atoms with Crippen LogP contribution in [0.3, 0.4) is 0 Å². The molecule has 0 fully saturated rings. The van der Waals surface area contributed by atoms with E-state index in [9.17, 15) is 4.79 Å². The van der Waals surface area contributed by atoms with Crippen LogP contribution in [0, 0.1) is 0 Å². The molecule has 1 aromatic carbocycles. The van der Waals surface area contributed by atoms with Crippen LogP contribution in [0.25, 0.3) is 0 Å². The molecule has 5 nitrogen and oxygen atoms in total. The quantitative estimate of drug-likeness (QED) is 0.857. The molecule has 5 heteroatoms. The van der Waals surface area contributed by atoms with Gasteiger partial charge in [-0.2, -0.15) is 0 Å². The molecule has 1 aromatic rings. The van der Waals surface area contributed by atoms with E-state index in [1.165, 1.54) is 0 Å². The Bertz CT molecular complexity index is 508. The molecule has 1 amide bonds. The molecule has 0 aliphatic carbocycles. The first kappa shape index (κ1) is 14.7. The topological polar surface area (TPSA) is 64.8 Å². The number of nitrogens with two attached hydrogens (primary N) is 1. The number of nitrogens with zero attached hydrogens (tertiary/aromatic N) is 1. The van der Waals surface area contributed by atoms with Gasteiger partial charge in [0.1, 0.15) is 11.4 Å². The number of fused-ring (bicyclic) bond motifs is 1. The summed E-state index contributed by atoms with van der Waals surface area (Å²) >= 11 is 0. The lowest BCUT2D eigenvalue weighted by Crippen LogP contribution is -2.43. The van der Waals surface area contributed by atoms with Gasteiger partial charge in [0.2, 0.25) is 0 Å². The lowest BCUT2D eigenvalue weighted by molar-refractivity contribution is 0.0206. The molecular formula is C15H22N2O3. The van der Waals surface area contributed by atoms with Gasteiger partial charge >= 0.3 is 6.09 Å². The van der Waals surface area contributed by atoms with Gasteiger partial charge in [-0.05, 0) is 44.0 Å². The number of hydrogen-bond acceptors (Lipinski definition) is 4. The Hall–Kier alpha value is -1.75. The van der Waals surface area contributed by atoms with Crippen LogP contribution >= 0.6 is 0 Å². The van der Waals surface area contributed by atoms with Crippen molar-refractivity contribution in [2.45, 2.75) is 39.0 Å². The smallest absolute Gasteiger partial charge is 0.410 e. The molecule has 0 bridgehead atoms. The fourth-order valence-electron chi connectivity index (χ4n) is 2.28. The maximum Gasteiger partial charge on any atom is 0.410 e. The minimum Gasteiger partial charge on any atom is -0.497 e. The van der Waals surface area contributed by atoms with Gasteiger partial charge in [-0.1, -0.05) is 6.07 Å². The van der Waals surface area contributed by atoms with Gasteiger partial charge in [0, 0.05) is 19.1 Å². The highest BCUT2D eigenvalue weighted by atomic mass is 16.6. The average Bonchev–Trinajstić information content (AvgIpc) is 2.35. The number of ether oxygens (including phenoxy) is 2. The number of carbonyl (C=O) groups is 1. The minimum absolute atomic E-state index is 0.197. The zero-order valence-corrected chi connectivity index (χ0v) is 12.5. The summed E-state index contributed by atoms with van der Waals surface area (Å²) in [5.41, 5.74) is 7.70. The highest BCUT2D eigenvalue weighted by Crippen LogP contribution is 2.29. The summed E-state index contributed by atoms with van der Waals surface area (Å²) in [6.45, 7) is 6.52. The Kier molecular flexibility index (Phi) is 3.90. The SMILES string of the molecule is COc1ccc2c(c1)CN(C(=O)OC(C)(C)C)CC2N. The Labute approximate surface area is 119 Å². The van der Waals surface area contributed by atoms with Gasteiger partial charge in [0.25, 0.3) is 0 Å². The molecule has 0 saturated heterocycles. The molecule has 0 spiro atoms. The average molecular weight is 278 g/mol. The Morgan fingerprint density at radius 1 is 1.40 bits per heavy atom. The van der Waals surface area contributed by atoms with Crippen LogP contribution in [0.5, 0.6) is 5.75 Å². The van der Waals surface area contributed by atoms with Crippen molar-refractivity contribution in [3.63, 3.8) is 0 Å². The van der Waals surface area contributed by atoms with Gasteiger partial charge in [0.15, 0.2) is 0 Å². The summed E-state index contributed by atoms with van der Waals surface area (Å²) in [6, 6.07) is 5.58. The van der Waals surface area contributed by atoms with Crippen molar-refractivity contribution in [2.24, 2.45) is 5.73 Å². The first-order chi connectivity index (χ1) is 9.30. The maximum atomic E-state index is 12.1. The number of benzene rings is 1. The van der Waals surface area contributed by atoms with E-state index in [1.54, 1.807) is 12.0 Å². The Balaban J connectivity index is 2.19. The molecule has 20 heavy (non-hydrogen) atoms. The van der Waals surface area contributed by atoms with Crippen molar-refractivity contribution in [2.75, 3.05) is 13.7 Å². The van der Waals surface area contributed by atoms with Gasteiger partial charge in [0.05, 0.1) is 7.11 Å². The molecule has 110 valence electrons. The van der Waals surface area contributed by atoms with Crippen LogP contribution in [0.15, 0.2) is 18.2 Å². The standard InChI is InChI=1S/C15H22N2O3/c1-15(2,3)20-14(18)17-8-10-7-11(19-4)5-6-12(10)13(16)9-17/h5-7,13H,8-9,16H2,1-4H3. The van der Waals surface area contributed by atoms with Crippen molar-refractivity contribution >= 4 is 6.09 Å². The first-order valence-corrected chi connectivity index (χ1v) is 6.70. The molecule has 1 aliphatic heterocycles. The van der Waals surface area contributed by atoms with Gasteiger partial charge in [-0.25, -0.2) is 4.79 Å². The van der Waals surface area contributed by atoms with Gasteiger partial charge in [-0.3, -0.25) is 0 Å². The van der Waals surface area contributed by atoms with Crippen molar-refractivity contribution < 1.29 is 14.3 Å². The monoisotopic (exact) mass is 278 g/mol. The molecule has 2 rings (SSSR count). The van der Waals surface area contributed by atoms with E-state index >= 15 is 0 Å². The van der Waals surface area contributed by atoms with Crippen LogP contribution in [0.1, 0.15) is 37.9 Å². The number of hydrogen-bond donors (Lipinski definition) is 1. The molecular weight excluding hydrogens is 256 g/mol. The summed E-state index contributed by atoms with van der Waals surface area (Å²) in [6.07, 6.45) is -0.332. The van der Waals surface area contributed by atoms with Crippen molar-refractivity contribution in [3.05, 3.63) is 29.3 Å². The van der Waals surface area contributed by atoms with Crippen LogP contribution in [0.2, 0.25) is 0 Å².